The summed E-state index contributed by atoms with van der Waals surface area (Å²) in [6.07, 6.45) is 1.41. The molecule has 144 valence electrons. The van der Waals surface area contributed by atoms with Gasteiger partial charge in [0.1, 0.15) is 11.5 Å². The van der Waals surface area contributed by atoms with Crippen LogP contribution in [0.3, 0.4) is 0 Å². The number of alkyl halides is 2. The zero-order chi connectivity index (χ0) is 19.6. The predicted octanol–water partition coefficient (Wildman–Crippen LogP) is 4.59. The number of hydrogen-bond donors (Lipinski definition) is 2. The maximum atomic E-state index is 12.1. The summed E-state index contributed by atoms with van der Waals surface area (Å²) in [4.78, 5) is 0. The summed E-state index contributed by atoms with van der Waals surface area (Å²) in [5.41, 5.74) is 5.40. The lowest BCUT2D eigenvalue weighted by Crippen LogP contribution is -2.25. The standard InChI is InChI=1S/C19H21F2N3O2S/c1-13(7-8-14-9-11-15(12-10-14)26-18(20)21)23-24-19(27)22-16-5-3-4-6-17(16)25-2/h3-6,9-12,18H,7-8H2,1-2H3,(H2,22,24,27)/b23-13-. The smallest absolute Gasteiger partial charge is 0.387 e. The average molecular weight is 393 g/mol. The third kappa shape index (κ3) is 7.18. The van der Waals surface area contributed by atoms with E-state index in [4.69, 9.17) is 17.0 Å². The number of hydrazone groups is 1. The van der Waals surface area contributed by atoms with E-state index in [1.807, 2.05) is 31.2 Å². The van der Waals surface area contributed by atoms with E-state index in [1.54, 1.807) is 19.2 Å². The van der Waals surface area contributed by atoms with Gasteiger partial charge in [0.15, 0.2) is 5.11 Å². The Hall–Kier alpha value is -2.74. The number of hydrogen-bond acceptors (Lipinski definition) is 4. The number of methoxy groups -OCH3 is 1. The van der Waals surface area contributed by atoms with E-state index in [9.17, 15) is 8.78 Å². The largest absolute Gasteiger partial charge is 0.495 e. The molecule has 2 aromatic rings. The van der Waals surface area contributed by atoms with E-state index >= 15 is 0 Å². The number of aryl methyl sites for hydroxylation is 1. The topological polar surface area (TPSA) is 54.9 Å². The second-order valence-electron chi connectivity index (χ2n) is 5.64. The molecule has 0 aliphatic rings. The van der Waals surface area contributed by atoms with Gasteiger partial charge in [-0.05, 0) is 61.8 Å². The Morgan fingerprint density at radius 2 is 1.85 bits per heavy atom. The molecule has 2 aromatic carbocycles. The van der Waals surface area contributed by atoms with Gasteiger partial charge in [0, 0.05) is 5.71 Å². The fourth-order valence-electron chi connectivity index (χ4n) is 2.26. The number of benzene rings is 2. The van der Waals surface area contributed by atoms with Crippen LogP contribution in [0, 0.1) is 0 Å². The van der Waals surface area contributed by atoms with Crippen molar-refractivity contribution >= 4 is 28.7 Å². The van der Waals surface area contributed by atoms with E-state index in [0.717, 1.165) is 23.4 Å². The Kier molecular flexibility index (Phi) is 7.94. The molecule has 0 unspecified atom stereocenters. The molecule has 2 rings (SSSR count). The molecule has 0 radical (unpaired) electrons. The number of nitrogens with zero attached hydrogens (tertiary/aromatic N) is 1. The van der Waals surface area contributed by atoms with Gasteiger partial charge in [0.05, 0.1) is 12.8 Å². The first kappa shape index (κ1) is 20.6. The molecule has 0 amide bonds. The quantitative estimate of drug-likeness (QED) is 0.390. The summed E-state index contributed by atoms with van der Waals surface area (Å²) < 4.78 is 33.9. The second-order valence-corrected chi connectivity index (χ2v) is 6.04. The van der Waals surface area contributed by atoms with Gasteiger partial charge in [-0.25, -0.2) is 0 Å². The molecule has 0 spiro atoms. The number of ether oxygens (including phenoxy) is 2. The first-order chi connectivity index (χ1) is 13.0. The molecule has 8 heteroatoms. The van der Waals surface area contributed by atoms with E-state index < -0.39 is 6.61 Å². The molecular weight excluding hydrogens is 372 g/mol. The number of nitrogens with one attached hydrogen (secondary N) is 2. The zero-order valence-electron chi connectivity index (χ0n) is 15.0. The van der Waals surface area contributed by atoms with Crippen molar-refractivity contribution in [3.63, 3.8) is 0 Å². The molecule has 0 atom stereocenters. The van der Waals surface area contributed by atoms with Gasteiger partial charge in [-0.2, -0.15) is 13.9 Å². The summed E-state index contributed by atoms with van der Waals surface area (Å²) >= 11 is 5.23. The van der Waals surface area contributed by atoms with Crippen molar-refractivity contribution in [3.05, 3.63) is 54.1 Å². The normalized spacial score (nSPS) is 11.2. The average Bonchev–Trinajstić information content (AvgIpc) is 2.66. The van der Waals surface area contributed by atoms with Crippen LogP contribution in [0.15, 0.2) is 53.6 Å². The maximum absolute atomic E-state index is 12.1. The Bertz CT molecular complexity index is 783. The molecule has 0 fully saturated rings. The van der Waals surface area contributed by atoms with E-state index in [1.165, 1.54) is 12.1 Å². The minimum atomic E-state index is -2.82. The highest BCUT2D eigenvalue weighted by Crippen LogP contribution is 2.22. The molecule has 0 saturated heterocycles. The Morgan fingerprint density at radius 3 is 2.52 bits per heavy atom. The van der Waals surface area contributed by atoms with E-state index in [2.05, 4.69) is 20.6 Å². The molecule has 2 N–H and O–H groups in total. The van der Waals surface area contributed by atoms with Gasteiger partial charge >= 0.3 is 6.61 Å². The Balaban J connectivity index is 1.80. The maximum Gasteiger partial charge on any atom is 0.387 e. The highest BCUT2D eigenvalue weighted by molar-refractivity contribution is 7.80. The van der Waals surface area contributed by atoms with Crippen molar-refractivity contribution in [1.82, 2.24) is 5.43 Å². The molecule has 5 nitrogen and oxygen atoms in total. The van der Waals surface area contributed by atoms with Crippen molar-refractivity contribution in [2.24, 2.45) is 5.10 Å². The SMILES string of the molecule is COc1ccccc1NC(=S)N/N=C(/C)CCc1ccc(OC(F)F)cc1. The molecule has 0 aromatic heterocycles. The van der Waals surface area contributed by atoms with E-state index in [0.29, 0.717) is 17.3 Å². The fourth-order valence-corrected chi connectivity index (χ4v) is 2.42. The molecular formula is C19H21F2N3O2S. The first-order valence-electron chi connectivity index (χ1n) is 8.25. The Labute approximate surface area is 162 Å². The molecule has 0 bridgehead atoms. The number of halogens is 2. The molecule has 0 aliphatic heterocycles. The van der Waals surface area contributed by atoms with Crippen LogP contribution in [0.2, 0.25) is 0 Å². The lowest BCUT2D eigenvalue weighted by Gasteiger charge is -2.11. The van der Waals surface area contributed by atoms with Gasteiger partial charge in [-0.3, -0.25) is 5.43 Å². The summed E-state index contributed by atoms with van der Waals surface area (Å²) in [6, 6.07) is 14.0. The van der Waals surface area contributed by atoms with Crippen LogP contribution in [0.5, 0.6) is 11.5 Å². The lowest BCUT2D eigenvalue weighted by atomic mass is 10.1. The summed E-state index contributed by atoms with van der Waals surface area (Å²) in [7, 11) is 1.59. The van der Waals surface area contributed by atoms with E-state index in [-0.39, 0.29) is 5.75 Å². The van der Waals surface area contributed by atoms with Crippen LogP contribution in [-0.4, -0.2) is 24.5 Å². The number of para-hydroxylation sites is 2. The van der Waals surface area contributed by atoms with Crippen molar-refractivity contribution in [2.75, 3.05) is 12.4 Å². The van der Waals surface area contributed by atoms with Gasteiger partial charge in [0.25, 0.3) is 0 Å². The van der Waals surface area contributed by atoms with Crippen LogP contribution >= 0.6 is 12.2 Å². The fraction of sp³-hybridized carbons (Fsp3) is 0.263. The van der Waals surface area contributed by atoms with Crippen LogP contribution in [-0.2, 0) is 6.42 Å². The second kappa shape index (κ2) is 10.4. The third-order valence-electron chi connectivity index (χ3n) is 3.63. The molecule has 0 aliphatic carbocycles. The number of thiocarbonyl (C=S) groups is 1. The third-order valence-corrected chi connectivity index (χ3v) is 3.82. The summed E-state index contributed by atoms with van der Waals surface area (Å²) in [5, 5.41) is 7.63. The zero-order valence-corrected chi connectivity index (χ0v) is 15.9. The summed E-state index contributed by atoms with van der Waals surface area (Å²) in [5.74, 6) is 0.829. The molecule has 0 heterocycles. The minimum Gasteiger partial charge on any atom is -0.495 e. The predicted molar refractivity (Wildman–Crippen MR) is 107 cm³/mol. The minimum absolute atomic E-state index is 0.147. The van der Waals surface area contributed by atoms with Gasteiger partial charge in [-0.15, -0.1) is 0 Å². The van der Waals surface area contributed by atoms with Crippen LogP contribution < -0.4 is 20.2 Å². The van der Waals surface area contributed by atoms with Crippen LogP contribution in [0.25, 0.3) is 0 Å². The first-order valence-corrected chi connectivity index (χ1v) is 8.65. The molecule has 27 heavy (non-hydrogen) atoms. The number of anilines is 1. The van der Waals surface area contributed by atoms with Crippen LogP contribution in [0.1, 0.15) is 18.9 Å². The number of rotatable bonds is 8. The van der Waals surface area contributed by atoms with Crippen molar-refractivity contribution < 1.29 is 18.3 Å². The summed E-state index contributed by atoms with van der Waals surface area (Å²) in [6.45, 7) is -0.933. The van der Waals surface area contributed by atoms with Gasteiger partial charge in [-0.1, -0.05) is 24.3 Å². The van der Waals surface area contributed by atoms with Crippen molar-refractivity contribution in [1.29, 1.82) is 0 Å². The van der Waals surface area contributed by atoms with Gasteiger partial charge in [0.2, 0.25) is 0 Å². The van der Waals surface area contributed by atoms with Crippen molar-refractivity contribution in [2.45, 2.75) is 26.4 Å². The van der Waals surface area contributed by atoms with Crippen molar-refractivity contribution in [3.8, 4) is 11.5 Å². The monoisotopic (exact) mass is 393 g/mol. The van der Waals surface area contributed by atoms with Crippen LogP contribution in [0.4, 0.5) is 14.5 Å². The molecule has 0 saturated carbocycles. The highest BCUT2D eigenvalue weighted by atomic mass is 32.1. The Morgan fingerprint density at radius 1 is 1.15 bits per heavy atom. The lowest BCUT2D eigenvalue weighted by molar-refractivity contribution is -0.0498. The highest BCUT2D eigenvalue weighted by Gasteiger charge is 2.05. The van der Waals surface area contributed by atoms with Gasteiger partial charge < -0.3 is 14.8 Å².